The second kappa shape index (κ2) is 11.1. The number of hydrogen-bond acceptors (Lipinski definition) is 2. The van der Waals surface area contributed by atoms with Gasteiger partial charge in [0.25, 0.3) is 0 Å². The van der Waals surface area contributed by atoms with Gasteiger partial charge in [-0.25, -0.2) is 4.39 Å². The molecule has 1 heterocycles. The van der Waals surface area contributed by atoms with Crippen LogP contribution in [0, 0.1) is 10.5 Å². The van der Waals surface area contributed by atoms with E-state index in [1.54, 1.807) is 0 Å². The van der Waals surface area contributed by atoms with Crippen LogP contribution in [0.25, 0.3) is 32.9 Å². The van der Waals surface area contributed by atoms with Crippen LogP contribution < -0.4 is 0 Å². The number of fused-ring (bicyclic) bond motifs is 3. The summed E-state index contributed by atoms with van der Waals surface area (Å²) in [6.07, 6.45) is 10.1. The summed E-state index contributed by atoms with van der Waals surface area (Å²) in [4.78, 5) is 0. The summed E-state index contributed by atoms with van der Waals surface area (Å²) >= 11 is 5.56. The number of halogens is 1. The maximum absolute atomic E-state index is 15.3. The highest BCUT2D eigenvalue weighted by Crippen LogP contribution is 2.33. The first-order valence-electron chi connectivity index (χ1n) is 12.4. The summed E-state index contributed by atoms with van der Waals surface area (Å²) < 4.78 is 21.5. The molecular formula is C30H33FOS. The van der Waals surface area contributed by atoms with Crippen molar-refractivity contribution in [3.8, 4) is 11.1 Å². The van der Waals surface area contributed by atoms with Crippen LogP contribution in [0.1, 0.15) is 69.9 Å². The van der Waals surface area contributed by atoms with Crippen molar-refractivity contribution >= 4 is 34.0 Å². The molecule has 3 aromatic carbocycles. The largest absolute Gasteiger partial charge is 0.441 e. The third-order valence-corrected chi connectivity index (χ3v) is 6.86. The molecule has 0 saturated carbocycles. The first-order chi connectivity index (χ1) is 16.1. The highest BCUT2D eigenvalue weighted by atomic mass is 32.1. The zero-order valence-corrected chi connectivity index (χ0v) is 20.6. The van der Waals surface area contributed by atoms with E-state index in [9.17, 15) is 0 Å². The number of unbranched alkanes of at least 4 members (excludes halogenated alkanes) is 5. The zero-order chi connectivity index (χ0) is 23.2. The van der Waals surface area contributed by atoms with Gasteiger partial charge in [0, 0.05) is 10.8 Å². The summed E-state index contributed by atoms with van der Waals surface area (Å²) in [5.41, 5.74) is 4.61. The van der Waals surface area contributed by atoms with Gasteiger partial charge in [-0.1, -0.05) is 94.5 Å². The molecular weight excluding hydrogens is 427 g/mol. The molecule has 1 nitrogen and oxygen atoms in total. The summed E-state index contributed by atoms with van der Waals surface area (Å²) in [7, 11) is 0. The van der Waals surface area contributed by atoms with Gasteiger partial charge in [-0.05, 0) is 71.6 Å². The van der Waals surface area contributed by atoms with Gasteiger partial charge in [-0.3, -0.25) is 0 Å². The minimum Gasteiger partial charge on any atom is -0.441 e. The van der Waals surface area contributed by atoms with Crippen molar-refractivity contribution in [2.24, 2.45) is 0 Å². The smallest absolute Gasteiger partial charge is 0.198 e. The minimum absolute atomic E-state index is 0.261. The van der Waals surface area contributed by atoms with E-state index in [1.165, 1.54) is 37.7 Å². The monoisotopic (exact) mass is 460 g/mol. The van der Waals surface area contributed by atoms with Crippen LogP contribution >= 0.6 is 12.2 Å². The molecule has 0 unspecified atom stereocenters. The fraction of sp³-hybridized carbons (Fsp3) is 0.367. The molecule has 4 rings (SSSR count). The Morgan fingerprint density at radius 1 is 0.697 bits per heavy atom. The van der Waals surface area contributed by atoms with E-state index >= 15 is 4.39 Å². The van der Waals surface area contributed by atoms with Gasteiger partial charge in [0.1, 0.15) is 0 Å². The Bertz CT molecular complexity index is 1290. The summed E-state index contributed by atoms with van der Waals surface area (Å²) in [5, 5.41) is 2.59. The molecule has 0 fully saturated rings. The van der Waals surface area contributed by atoms with Crippen LogP contribution in [0.15, 0.2) is 59.0 Å². The molecule has 0 radical (unpaired) electrons. The van der Waals surface area contributed by atoms with Gasteiger partial charge in [0.05, 0.1) is 0 Å². The second-order valence-corrected chi connectivity index (χ2v) is 9.40. The molecule has 4 aromatic rings. The van der Waals surface area contributed by atoms with Crippen LogP contribution in [0.5, 0.6) is 0 Å². The molecule has 3 heteroatoms. The van der Waals surface area contributed by atoms with Crippen molar-refractivity contribution in [1.82, 2.24) is 0 Å². The first-order valence-corrected chi connectivity index (χ1v) is 12.8. The Morgan fingerprint density at radius 3 is 2.15 bits per heavy atom. The minimum atomic E-state index is -0.261. The molecule has 0 amide bonds. The lowest BCUT2D eigenvalue weighted by Gasteiger charge is -2.10. The maximum atomic E-state index is 15.3. The Hall–Kier alpha value is -2.52. The van der Waals surface area contributed by atoms with Gasteiger partial charge >= 0.3 is 0 Å². The van der Waals surface area contributed by atoms with E-state index < -0.39 is 0 Å². The molecule has 0 bridgehead atoms. The molecule has 0 N–H and O–H groups in total. The van der Waals surface area contributed by atoms with Crippen molar-refractivity contribution in [3.63, 3.8) is 0 Å². The predicted octanol–water partition coefficient (Wildman–Crippen LogP) is 9.98. The van der Waals surface area contributed by atoms with Gasteiger partial charge in [-0.2, -0.15) is 0 Å². The van der Waals surface area contributed by atoms with E-state index in [0.717, 1.165) is 58.5 Å². The van der Waals surface area contributed by atoms with Crippen LogP contribution in [0.4, 0.5) is 4.39 Å². The number of aryl methyl sites for hydroxylation is 2. The van der Waals surface area contributed by atoms with Crippen LogP contribution in [0.2, 0.25) is 0 Å². The molecule has 0 aliphatic carbocycles. The van der Waals surface area contributed by atoms with E-state index in [-0.39, 0.29) is 11.4 Å². The highest BCUT2D eigenvalue weighted by Gasteiger charge is 2.14. The topological polar surface area (TPSA) is 13.1 Å². The zero-order valence-electron chi connectivity index (χ0n) is 19.8. The van der Waals surface area contributed by atoms with Crippen molar-refractivity contribution in [3.05, 3.63) is 76.2 Å². The fourth-order valence-electron chi connectivity index (χ4n) is 4.54. The van der Waals surface area contributed by atoms with Gasteiger partial charge in [0.15, 0.2) is 16.1 Å². The molecule has 172 valence electrons. The van der Waals surface area contributed by atoms with Crippen molar-refractivity contribution in [2.45, 2.75) is 71.6 Å². The van der Waals surface area contributed by atoms with E-state index in [1.807, 2.05) is 18.2 Å². The van der Waals surface area contributed by atoms with Crippen molar-refractivity contribution in [1.29, 1.82) is 0 Å². The Labute approximate surface area is 201 Å². The van der Waals surface area contributed by atoms with Crippen molar-refractivity contribution in [2.75, 3.05) is 0 Å². The third-order valence-electron chi connectivity index (χ3n) is 6.56. The average Bonchev–Trinajstić information content (AvgIpc) is 2.84. The highest BCUT2D eigenvalue weighted by molar-refractivity contribution is 7.71. The van der Waals surface area contributed by atoms with E-state index in [2.05, 4.69) is 50.2 Å². The molecule has 1 aromatic heterocycles. The van der Waals surface area contributed by atoms with Crippen LogP contribution in [-0.2, 0) is 12.8 Å². The summed E-state index contributed by atoms with van der Waals surface area (Å²) in [6.45, 7) is 4.42. The van der Waals surface area contributed by atoms with Crippen LogP contribution in [0.3, 0.4) is 0 Å². The normalized spacial score (nSPS) is 11.5. The lowest BCUT2D eigenvalue weighted by molar-refractivity contribution is 0.535. The number of rotatable bonds is 10. The number of hydrogen-bond donors (Lipinski definition) is 0. The molecule has 0 aliphatic rings. The van der Waals surface area contributed by atoms with E-state index in [0.29, 0.717) is 4.71 Å². The first kappa shape index (κ1) is 23.6. The SMILES string of the molecule is CCCCCCCc1ccc2c(oc(=S)c3cc(-c4ccc(CCCC)cc4)ccc32)c1F. The molecule has 0 saturated heterocycles. The summed E-state index contributed by atoms with van der Waals surface area (Å²) in [5.74, 6) is -0.261. The molecule has 0 spiro atoms. The lowest BCUT2D eigenvalue weighted by Crippen LogP contribution is -1.94. The maximum Gasteiger partial charge on any atom is 0.198 e. The fourth-order valence-corrected chi connectivity index (χ4v) is 4.79. The second-order valence-electron chi connectivity index (χ2n) is 9.03. The van der Waals surface area contributed by atoms with Crippen LogP contribution in [-0.4, -0.2) is 0 Å². The summed E-state index contributed by atoms with van der Waals surface area (Å²) in [6, 6.07) is 18.9. The molecule has 33 heavy (non-hydrogen) atoms. The van der Waals surface area contributed by atoms with Gasteiger partial charge < -0.3 is 4.42 Å². The van der Waals surface area contributed by atoms with Crippen molar-refractivity contribution < 1.29 is 8.81 Å². The molecule has 0 aliphatic heterocycles. The van der Waals surface area contributed by atoms with Gasteiger partial charge in [-0.15, -0.1) is 0 Å². The average molecular weight is 461 g/mol. The van der Waals surface area contributed by atoms with Gasteiger partial charge in [0.2, 0.25) is 0 Å². The predicted molar refractivity (Wildman–Crippen MR) is 141 cm³/mol. The molecule has 0 atom stereocenters. The Morgan fingerprint density at radius 2 is 1.39 bits per heavy atom. The van der Waals surface area contributed by atoms with E-state index in [4.69, 9.17) is 16.6 Å². The lowest BCUT2D eigenvalue weighted by atomic mass is 9.97. The Kier molecular flexibility index (Phi) is 7.93. The standard InChI is InChI=1S/C30H33FOS/c1-3-5-7-8-9-11-23-16-19-26-25-18-17-24(20-27(25)30(33)32-29(26)28(23)31)22-14-12-21(13-15-22)10-6-4-2/h12-20H,3-11H2,1-2H3. The third kappa shape index (κ3) is 5.35. The quantitative estimate of drug-likeness (QED) is 0.133. The Balaban J connectivity index is 1.64. The number of benzene rings is 3.